The number of hydrogen-bond acceptors (Lipinski definition) is 4. The van der Waals surface area contributed by atoms with Gasteiger partial charge in [-0.3, -0.25) is 9.80 Å². The zero-order valence-electron chi connectivity index (χ0n) is 11.0. The monoisotopic (exact) mass is 266 g/mol. The van der Waals surface area contributed by atoms with Crippen LogP contribution in [0.3, 0.4) is 0 Å². The van der Waals surface area contributed by atoms with E-state index in [9.17, 15) is 0 Å². The Morgan fingerprint density at radius 3 is 2.22 bits per heavy atom. The second kappa shape index (κ2) is 7.14. The van der Waals surface area contributed by atoms with Crippen LogP contribution in [0.1, 0.15) is 5.56 Å². The van der Waals surface area contributed by atoms with Crippen molar-refractivity contribution in [3.05, 3.63) is 29.8 Å². The summed E-state index contributed by atoms with van der Waals surface area (Å²) in [5.41, 5.74) is 1.39. The first kappa shape index (κ1) is 13.9. The second-order valence-corrected chi connectivity index (χ2v) is 5.57. The van der Waals surface area contributed by atoms with E-state index in [1.807, 2.05) is 0 Å². The molecule has 0 unspecified atom stereocenters. The molecule has 0 atom stereocenters. The number of benzene rings is 1. The molecule has 1 aromatic rings. The van der Waals surface area contributed by atoms with Crippen LogP contribution in [-0.2, 0) is 6.54 Å². The van der Waals surface area contributed by atoms with E-state index in [-0.39, 0.29) is 6.61 Å². The zero-order chi connectivity index (χ0) is 12.8. The van der Waals surface area contributed by atoms with Crippen molar-refractivity contribution in [2.75, 3.05) is 45.6 Å². The first-order chi connectivity index (χ1) is 8.81. The third-order valence-corrected chi connectivity index (χ3v) is 4.19. The molecule has 0 aliphatic carbocycles. The van der Waals surface area contributed by atoms with Gasteiger partial charge in [0.2, 0.25) is 0 Å². The molecule has 0 bridgehead atoms. The van der Waals surface area contributed by atoms with Crippen molar-refractivity contribution in [3.8, 4) is 0 Å². The highest BCUT2D eigenvalue weighted by atomic mass is 32.2. The van der Waals surface area contributed by atoms with Crippen LogP contribution >= 0.6 is 11.8 Å². The fourth-order valence-electron chi connectivity index (χ4n) is 2.30. The maximum absolute atomic E-state index is 8.91. The van der Waals surface area contributed by atoms with Gasteiger partial charge in [0.05, 0.1) is 6.61 Å². The van der Waals surface area contributed by atoms with Gasteiger partial charge in [0.25, 0.3) is 0 Å². The largest absolute Gasteiger partial charge is 0.395 e. The van der Waals surface area contributed by atoms with Crippen LogP contribution in [0.2, 0.25) is 0 Å². The van der Waals surface area contributed by atoms with E-state index in [1.165, 1.54) is 10.5 Å². The van der Waals surface area contributed by atoms with Crippen LogP contribution in [-0.4, -0.2) is 60.5 Å². The van der Waals surface area contributed by atoms with Crippen LogP contribution in [0.15, 0.2) is 29.2 Å². The average molecular weight is 266 g/mol. The number of nitrogens with zero attached hydrogens (tertiary/aromatic N) is 2. The Balaban J connectivity index is 1.80. The molecule has 4 heteroatoms. The lowest BCUT2D eigenvalue weighted by Gasteiger charge is -2.34. The number of aliphatic hydroxyl groups is 1. The minimum atomic E-state index is 0.274. The first-order valence-corrected chi connectivity index (χ1v) is 7.73. The van der Waals surface area contributed by atoms with Gasteiger partial charge in [0, 0.05) is 44.2 Å². The number of β-amino-alcohol motifs (C(OH)–C–C–N with tert-alkyl or cyclic N) is 1. The summed E-state index contributed by atoms with van der Waals surface area (Å²) in [6, 6.07) is 8.85. The van der Waals surface area contributed by atoms with E-state index in [1.54, 1.807) is 11.8 Å². The molecule has 0 saturated carbocycles. The molecule has 0 spiro atoms. The van der Waals surface area contributed by atoms with Crippen molar-refractivity contribution in [3.63, 3.8) is 0 Å². The van der Waals surface area contributed by atoms with Gasteiger partial charge in [-0.2, -0.15) is 0 Å². The topological polar surface area (TPSA) is 26.7 Å². The molecule has 1 fully saturated rings. The summed E-state index contributed by atoms with van der Waals surface area (Å²) in [5.74, 6) is 0. The molecule has 2 rings (SSSR count). The smallest absolute Gasteiger partial charge is 0.0558 e. The first-order valence-electron chi connectivity index (χ1n) is 6.50. The number of rotatable bonds is 5. The highest BCUT2D eigenvalue weighted by molar-refractivity contribution is 7.98. The van der Waals surface area contributed by atoms with Crippen LogP contribution in [0.25, 0.3) is 0 Å². The van der Waals surface area contributed by atoms with E-state index in [2.05, 4.69) is 40.3 Å². The molecule has 1 aliphatic rings. The maximum atomic E-state index is 8.91. The van der Waals surface area contributed by atoms with E-state index in [0.717, 1.165) is 39.3 Å². The van der Waals surface area contributed by atoms with Crippen LogP contribution in [0.5, 0.6) is 0 Å². The van der Waals surface area contributed by atoms with Crippen molar-refractivity contribution >= 4 is 11.8 Å². The molecule has 0 aromatic heterocycles. The van der Waals surface area contributed by atoms with Crippen LogP contribution < -0.4 is 0 Å². The summed E-state index contributed by atoms with van der Waals surface area (Å²) in [5, 5.41) is 8.91. The minimum absolute atomic E-state index is 0.274. The number of thioether (sulfide) groups is 1. The molecule has 1 N–H and O–H groups in total. The van der Waals surface area contributed by atoms with Crippen LogP contribution in [0, 0.1) is 0 Å². The summed E-state index contributed by atoms with van der Waals surface area (Å²) < 4.78 is 0. The van der Waals surface area contributed by atoms with Crippen molar-refractivity contribution < 1.29 is 5.11 Å². The molecule has 100 valence electrons. The number of hydrogen-bond donors (Lipinski definition) is 1. The summed E-state index contributed by atoms with van der Waals surface area (Å²) in [6.45, 7) is 6.48. The average Bonchev–Trinajstić information content (AvgIpc) is 2.42. The predicted octanol–water partition coefficient (Wildman–Crippen LogP) is 1.52. The molecule has 3 nitrogen and oxygen atoms in total. The van der Waals surface area contributed by atoms with Gasteiger partial charge in [0.1, 0.15) is 0 Å². The Morgan fingerprint density at radius 1 is 1.06 bits per heavy atom. The molecule has 18 heavy (non-hydrogen) atoms. The third-order valence-electron chi connectivity index (χ3n) is 3.45. The fraction of sp³-hybridized carbons (Fsp3) is 0.571. The maximum Gasteiger partial charge on any atom is 0.0558 e. The quantitative estimate of drug-likeness (QED) is 0.818. The highest BCUT2D eigenvalue weighted by Gasteiger charge is 2.16. The van der Waals surface area contributed by atoms with E-state index < -0.39 is 0 Å². The highest BCUT2D eigenvalue weighted by Crippen LogP contribution is 2.16. The molecular formula is C14H22N2OS. The SMILES string of the molecule is CSc1ccc(CN2CCN(CCO)CC2)cc1. The number of aliphatic hydroxyl groups excluding tert-OH is 1. The molecule has 1 saturated heterocycles. The second-order valence-electron chi connectivity index (χ2n) is 4.69. The zero-order valence-corrected chi connectivity index (χ0v) is 11.8. The summed E-state index contributed by atoms with van der Waals surface area (Å²) in [7, 11) is 0. The Kier molecular flexibility index (Phi) is 5.50. The van der Waals surface area contributed by atoms with Gasteiger partial charge in [-0.25, -0.2) is 0 Å². The molecular weight excluding hydrogens is 244 g/mol. The standard InChI is InChI=1S/C14H22N2OS/c1-18-14-4-2-13(3-5-14)12-16-8-6-15(7-9-16)10-11-17/h2-5,17H,6-12H2,1H3. The lowest BCUT2D eigenvalue weighted by atomic mass is 10.2. The Morgan fingerprint density at radius 2 is 1.67 bits per heavy atom. The molecule has 1 heterocycles. The van der Waals surface area contributed by atoms with Gasteiger partial charge >= 0.3 is 0 Å². The Bertz CT molecular complexity index is 347. The minimum Gasteiger partial charge on any atom is -0.395 e. The molecule has 0 radical (unpaired) electrons. The lowest BCUT2D eigenvalue weighted by molar-refractivity contribution is 0.108. The number of piperazine rings is 1. The van der Waals surface area contributed by atoms with Gasteiger partial charge in [-0.1, -0.05) is 12.1 Å². The van der Waals surface area contributed by atoms with Crippen molar-refractivity contribution in [1.29, 1.82) is 0 Å². The summed E-state index contributed by atoms with van der Waals surface area (Å²) >= 11 is 1.79. The van der Waals surface area contributed by atoms with Gasteiger partial charge < -0.3 is 5.11 Å². The van der Waals surface area contributed by atoms with Crippen molar-refractivity contribution in [2.24, 2.45) is 0 Å². The van der Waals surface area contributed by atoms with E-state index in [4.69, 9.17) is 5.11 Å². The normalized spacial score (nSPS) is 18.1. The Hall–Kier alpha value is -0.550. The molecule has 1 aliphatic heterocycles. The van der Waals surface area contributed by atoms with Crippen LogP contribution in [0.4, 0.5) is 0 Å². The third kappa shape index (κ3) is 3.99. The summed E-state index contributed by atoms with van der Waals surface area (Å²) in [6.07, 6.45) is 2.11. The Labute approximate surface area is 114 Å². The van der Waals surface area contributed by atoms with Gasteiger partial charge in [-0.05, 0) is 24.0 Å². The molecule has 1 aromatic carbocycles. The fourth-order valence-corrected chi connectivity index (χ4v) is 2.71. The van der Waals surface area contributed by atoms with Gasteiger partial charge in [0.15, 0.2) is 0 Å². The van der Waals surface area contributed by atoms with Crippen molar-refractivity contribution in [1.82, 2.24) is 9.80 Å². The lowest BCUT2D eigenvalue weighted by Crippen LogP contribution is -2.46. The van der Waals surface area contributed by atoms with E-state index in [0.29, 0.717) is 0 Å². The van der Waals surface area contributed by atoms with E-state index >= 15 is 0 Å². The molecule has 0 amide bonds. The predicted molar refractivity (Wildman–Crippen MR) is 77.0 cm³/mol. The van der Waals surface area contributed by atoms with Crippen molar-refractivity contribution in [2.45, 2.75) is 11.4 Å². The summed E-state index contributed by atoms with van der Waals surface area (Å²) in [4.78, 5) is 6.14. The van der Waals surface area contributed by atoms with Gasteiger partial charge in [-0.15, -0.1) is 11.8 Å².